The van der Waals surface area contributed by atoms with Crippen LogP contribution in [0.5, 0.6) is 0 Å². The van der Waals surface area contributed by atoms with Crippen molar-refractivity contribution in [2.24, 2.45) is 5.92 Å². The monoisotopic (exact) mass is 304 g/mol. The van der Waals surface area contributed by atoms with Gasteiger partial charge in [-0.15, -0.1) is 0 Å². The van der Waals surface area contributed by atoms with E-state index in [1.54, 1.807) is 0 Å². The minimum absolute atomic E-state index is 0.723. The van der Waals surface area contributed by atoms with Gasteiger partial charge >= 0.3 is 0 Å². The molecule has 1 aromatic rings. The average Bonchev–Trinajstić information content (AvgIpc) is 2.59. The van der Waals surface area contributed by atoms with Crippen molar-refractivity contribution in [1.29, 1.82) is 0 Å². The Morgan fingerprint density at radius 1 is 1.18 bits per heavy atom. The van der Waals surface area contributed by atoms with Crippen molar-refractivity contribution in [2.75, 3.05) is 7.05 Å². The molecule has 126 valence electrons. The number of aromatic nitrogens is 1. The van der Waals surface area contributed by atoms with Crippen LogP contribution in [-0.4, -0.2) is 23.0 Å². The number of nitrogens with zero attached hydrogens (tertiary/aromatic N) is 2. The van der Waals surface area contributed by atoms with Gasteiger partial charge in [0.1, 0.15) is 0 Å². The third kappa shape index (κ3) is 7.22. The zero-order valence-corrected chi connectivity index (χ0v) is 15.6. The molecule has 0 spiro atoms. The second kappa shape index (κ2) is 12.4. The van der Waals surface area contributed by atoms with Crippen LogP contribution in [0.3, 0.4) is 0 Å². The topological polar surface area (TPSA) is 16.1 Å². The van der Waals surface area contributed by atoms with Crippen LogP contribution in [0, 0.1) is 5.92 Å². The second-order valence-electron chi connectivity index (χ2n) is 5.63. The van der Waals surface area contributed by atoms with E-state index in [9.17, 15) is 0 Å². The predicted octanol–water partition coefficient (Wildman–Crippen LogP) is 5.70. The van der Waals surface area contributed by atoms with E-state index in [1.165, 1.54) is 36.8 Å². The van der Waals surface area contributed by atoms with Gasteiger partial charge in [-0.05, 0) is 57.2 Å². The van der Waals surface area contributed by atoms with Crippen molar-refractivity contribution >= 4 is 0 Å². The Labute approximate surface area is 138 Å². The molecule has 0 atom stereocenters. The van der Waals surface area contributed by atoms with E-state index < -0.39 is 0 Å². The summed E-state index contributed by atoms with van der Waals surface area (Å²) in [4.78, 5) is 6.66. The van der Waals surface area contributed by atoms with E-state index in [-0.39, 0.29) is 0 Å². The van der Waals surface area contributed by atoms with Crippen molar-refractivity contribution in [2.45, 2.75) is 72.9 Å². The molecule has 0 aromatic carbocycles. The molecular formula is C20H36N2. The molecule has 0 bridgehead atoms. The van der Waals surface area contributed by atoms with Crippen LogP contribution in [0.15, 0.2) is 36.7 Å². The molecule has 0 saturated heterocycles. The smallest absolute Gasteiger partial charge is 0.0312 e. The molecule has 0 amide bonds. The van der Waals surface area contributed by atoms with Gasteiger partial charge in [0, 0.05) is 25.0 Å². The molecule has 1 aliphatic rings. The summed E-state index contributed by atoms with van der Waals surface area (Å²) in [5, 5.41) is 0. The third-order valence-corrected chi connectivity index (χ3v) is 4.17. The van der Waals surface area contributed by atoms with Gasteiger partial charge in [-0.25, -0.2) is 0 Å². The van der Waals surface area contributed by atoms with Gasteiger partial charge in [-0.2, -0.15) is 0 Å². The summed E-state index contributed by atoms with van der Waals surface area (Å²) >= 11 is 0. The first kappa shape index (κ1) is 20.9. The Bertz CT molecular complexity index is 378. The van der Waals surface area contributed by atoms with E-state index in [0.717, 1.165) is 18.5 Å². The van der Waals surface area contributed by atoms with Crippen molar-refractivity contribution in [3.63, 3.8) is 0 Å². The highest BCUT2D eigenvalue weighted by atomic mass is 15.1. The highest BCUT2D eigenvalue weighted by Gasteiger charge is 2.24. The van der Waals surface area contributed by atoms with Crippen LogP contribution in [-0.2, 0) is 6.54 Å². The van der Waals surface area contributed by atoms with Gasteiger partial charge in [0.2, 0.25) is 0 Å². The highest BCUT2D eigenvalue weighted by Crippen LogP contribution is 2.31. The lowest BCUT2D eigenvalue weighted by Gasteiger charge is -2.35. The summed E-state index contributed by atoms with van der Waals surface area (Å²) < 4.78 is 0. The molecule has 0 unspecified atom stereocenters. The SMILES string of the molecule is C=C(C)C1CCC(N(C)Cc2cccnc2)CC1.CC.CC. The Morgan fingerprint density at radius 3 is 2.23 bits per heavy atom. The van der Waals surface area contributed by atoms with E-state index in [0.29, 0.717) is 0 Å². The zero-order valence-electron chi connectivity index (χ0n) is 15.6. The molecule has 22 heavy (non-hydrogen) atoms. The summed E-state index contributed by atoms with van der Waals surface area (Å²) in [7, 11) is 2.23. The Hall–Kier alpha value is -1.15. The van der Waals surface area contributed by atoms with Crippen LogP contribution in [0.1, 0.15) is 65.9 Å². The summed E-state index contributed by atoms with van der Waals surface area (Å²) in [5.41, 5.74) is 2.67. The molecular weight excluding hydrogens is 268 g/mol. The minimum Gasteiger partial charge on any atom is -0.299 e. The van der Waals surface area contributed by atoms with Crippen LogP contribution in [0.4, 0.5) is 0 Å². The van der Waals surface area contributed by atoms with E-state index in [4.69, 9.17) is 0 Å². The standard InChI is InChI=1S/C16H24N2.2C2H6/c1-13(2)15-6-8-16(9-7-15)18(3)12-14-5-4-10-17-11-14;2*1-2/h4-5,10-11,15-16H,1,6-9,12H2,2-3H3;2*1-2H3. The Morgan fingerprint density at radius 2 is 1.77 bits per heavy atom. The number of rotatable bonds is 4. The summed E-state index contributed by atoms with van der Waals surface area (Å²) in [6.45, 7) is 15.3. The highest BCUT2D eigenvalue weighted by molar-refractivity contribution is 5.08. The Balaban J connectivity index is 0.00000102. The largest absolute Gasteiger partial charge is 0.299 e. The maximum absolute atomic E-state index is 4.18. The quantitative estimate of drug-likeness (QED) is 0.663. The van der Waals surface area contributed by atoms with Gasteiger partial charge in [0.25, 0.3) is 0 Å². The van der Waals surface area contributed by atoms with Gasteiger partial charge < -0.3 is 0 Å². The lowest BCUT2D eigenvalue weighted by atomic mass is 9.82. The molecule has 1 aliphatic carbocycles. The van der Waals surface area contributed by atoms with Gasteiger partial charge in [0.15, 0.2) is 0 Å². The van der Waals surface area contributed by atoms with Crippen LogP contribution in [0.25, 0.3) is 0 Å². The van der Waals surface area contributed by atoms with Crippen molar-refractivity contribution in [1.82, 2.24) is 9.88 Å². The van der Waals surface area contributed by atoms with Gasteiger partial charge in [-0.1, -0.05) is 45.9 Å². The zero-order chi connectivity index (χ0) is 17.0. The van der Waals surface area contributed by atoms with E-state index >= 15 is 0 Å². The van der Waals surface area contributed by atoms with Crippen molar-refractivity contribution < 1.29 is 0 Å². The fourth-order valence-corrected chi connectivity index (χ4v) is 2.92. The molecule has 2 nitrogen and oxygen atoms in total. The van der Waals surface area contributed by atoms with Crippen LogP contribution < -0.4 is 0 Å². The first-order valence-electron chi connectivity index (χ1n) is 8.91. The lowest BCUT2D eigenvalue weighted by Crippen LogP contribution is -2.34. The first-order chi connectivity index (χ1) is 10.7. The maximum Gasteiger partial charge on any atom is 0.0312 e. The fourth-order valence-electron chi connectivity index (χ4n) is 2.92. The van der Waals surface area contributed by atoms with Gasteiger partial charge in [0.05, 0.1) is 0 Å². The van der Waals surface area contributed by atoms with Crippen molar-refractivity contribution in [3.8, 4) is 0 Å². The van der Waals surface area contributed by atoms with Crippen LogP contribution in [0.2, 0.25) is 0 Å². The summed E-state index contributed by atoms with van der Waals surface area (Å²) in [6, 6.07) is 4.89. The Kier molecular flexibility index (Phi) is 11.8. The molecule has 0 N–H and O–H groups in total. The molecule has 1 aromatic heterocycles. The molecule has 0 radical (unpaired) electrons. The third-order valence-electron chi connectivity index (χ3n) is 4.17. The number of hydrogen-bond acceptors (Lipinski definition) is 2. The second-order valence-corrected chi connectivity index (χ2v) is 5.63. The predicted molar refractivity (Wildman–Crippen MR) is 99.0 cm³/mol. The normalized spacial score (nSPS) is 20.3. The van der Waals surface area contributed by atoms with E-state index in [1.807, 2.05) is 46.2 Å². The average molecular weight is 305 g/mol. The molecule has 1 heterocycles. The maximum atomic E-state index is 4.18. The van der Waals surface area contributed by atoms with Crippen molar-refractivity contribution in [3.05, 3.63) is 42.2 Å². The van der Waals surface area contributed by atoms with Crippen LogP contribution >= 0.6 is 0 Å². The summed E-state index contributed by atoms with van der Waals surface area (Å²) in [6.07, 6.45) is 9.01. The minimum atomic E-state index is 0.723. The number of hydrogen-bond donors (Lipinski definition) is 0. The number of allylic oxidation sites excluding steroid dienone is 1. The van der Waals surface area contributed by atoms with E-state index in [2.05, 4.69) is 36.5 Å². The fraction of sp³-hybridized carbons (Fsp3) is 0.650. The first-order valence-corrected chi connectivity index (χ1v) is 8.91. The molecule has 2 rings (SSSR count). The lowest BCUT2D eigenvalue weighted by molar-refractivity contribution is 0.167. The molecule has 1 fully saturated rings. The molecule has 2 heteroatoms. The molecule has 1 saturated carbocycles. The molecule has 0 aliphatic heterocycles. The van der Waals surface area contributed by atoms with Gasteiger partial charge in [-0.3, -0.25) is 9.88 Å². The number of pyridine rings is 1. The summed E-state index contributed by atoms with van der Waals surface area (Å²) in [5.74, 6) is 0.757.